The molecule has 36 heavy (non-hydrogen) atoms. The van der Waals surface area contributed by atoms with Crippen molar-refractivity contribution in [2.45, 2.75) is 25.8 Å². The first-order valence-electron chi connectivity index (χ1n) is 12.8. The summed E-state index contributed by atoms with van der Waals surface area (Å²) >= 11 is 0. The number of hydrogen-bond donors (Lipinski definition) is 1. The van der Waals surface area contributed by atoms with Crippen molar-refractivity contribution < 1.29 is 4.79 Å². The van der Waals surface area contributed by atoms with Gasteiger partial charge in [-0.1, -0.05) is 36.4 Å². The average Bonchev–Trinajstić information content (AvgIpc) is 3.24. The Bertz CT molecular complexity index is 1390. The van der Waals surface area contributed by atoms with Crippen LogP contribution in [0.25, 0.3) is 21.8 Å². The van der Waals surface area contributed by atoms with E-state index >= 15 is 0 Å². The first-order chi connectivity index (χ1) is 17.6. The molecule has 8 heteroatoms. The van der Waals surface area contributed by atoms with Crippen LogP contribution in [0.1, 0.15) is 19.3 Å². The molecule has 4 aromatic rings. The molecule has 188 valence electrons. The topological polar surface area (TPSA) is 75.4 Å². The molecule has 0 bridgehead atoms. The Hall–Kier alpha value is -3.65. The molecule has 0 radical (unpaired) electrons. The van der Waals surface area contributed by atoms with Crippen LogP contribution in [0.3, 0.4) is 0 Å². The molecule has 8 nitrogen and oxygen atoms in total. The van der Waals surface area contributed by atoms with Crippen molar-refractivity contribution in [3.05, 3.63) is 71.1 Å². The van der Waals surface area contributed by atoms with Crippen LogP contribution in [-0.2, 0) is 18.4 Å². The Morgan fingerprint density at radius 2 is 1.67 bits per heavy atom. The van der Waals surface area contributed by atoms with Gasteiger partial charge in [-0.2, -0.15) is 5.10 Å². The molecule has 5 rings (SSSR count). The van der Waals surface area contributed by atoms with Crippen LogP contribution in [-0.4, -0.2) is 64.4 Å². The molecule has 1 amide bonds. The third-order valence-corrected chi connectivity index (χ3v) is 7.12. The Morgan fingerprint density at radius 3 is 2.47 bits per heavy atom. The van der Waals surface area contributed by atoms with E-state index in [0.29, 0.717) is 31.4 Å². The van der Waals surface area contributed by atoms with E-state index in [1.54, 1.807) is 13.2 Å². The number of carbonyl (C=O) groups excluding carboxylic acids is 1. The number of carbonyl (C=O) groups is 1. The number of para-hydroxylation sites is 2. The fraction of sp³-hybridized carbons (Fsp3) is 0.393. The van der Waals surface area contributed by atoms with Gasteiger partial charge in [-0.05, 0) is 37.6 Å². The number of anilines is 1. The van der Waals surface area contributed by atoms with Gasteiger partial charge in [0.05, 0.1) is 6.20 Å². The highest BCUT2D eigenvalue weighted by atomic mass is 16.1. The molecular weight excluding hydrogens is 452 g/mol. The van der Waals surface area contributed by atoms with E-state index in [-0.39, 0.29) is 11.5 Å². The maximum Gasteiger partial charge on any atom is 0.291 e. The summed E-state index contributed by atoms with van der Waals surface area (Å²) < 4.78 is 3.41. The van der Waals surface area contributed by atoms with Gasteiger partial charge in [0.25, 0.3) is 5.56 Å². The minimum Gasteiger partial charge on any atom is -0.369 e. The van der Waals surface area contributed by atoms with Crippen molar-refractivity contribution in [3.8, 4) is 0 Å². The van der Waals surface area contributed by atoms with Crippen molar-refractivity contribution in [3.63, 3.8) is 0 Å². The fourth-order valence-corrected chi connectivity index (χ4v) is 5.16. The van der Waals surface area contributed by atoms with Gasteiger partial charge in [0, 0.05) is 74.7 Å². The zero-order valence-corrected chi connectivity index (χ0v) is 20.9. The number of aromatic nitrogens is 3. The molecule has 0 atom stereocenters. The van der Waals surface area contributed by atoms with Crippen LogP contribution < -0.4 is 15.8 Å². The first kappa shape index (κ1) is 24.1. The van der Waals surface area contributed by atoms with Gasteiger partial charge in [-0.15, -0.1) is 0 Å². The van der Waals surface area contributed by atoms with Gasteiger partial charge in [0.1, 0.15) is 5.52 Å². The van der Waals surface area contributed by atoms with E-state index < -0.39 is 0 Å². The normalized spacial score (nSPS) is 14.5. The van der Waals surface area contributed by atoms with Crippen LogP contribution >= 0.6 is 0 Å². The molecule has 1 N–H and O–H groups in total. The Morgan fingerprint density at radius 1 is 0.917 bits per heavy atom. The van der Waals surface area contributed by atoms with E-state index in [1.807, 2.05) is 28.8 Å². The van der Waals surface area contributed by atoms with Crippen LogP contribution in [0.4, 0.5) is 5.69 Å². The zero-order chi connectivity index (χ0) is 24.9. The van der Waals surface area contributed by atoms with Gasteiger partial charge in [-0.3, -0.25) is 14.5 Å². The van der Waals surface area contributed by atoms with Gasteiger partial charge >= 0.3 is 0 Å². The molecule has 1 saturated heterocycles. The number of piperazine rings is 1. The van der Waals surface area contributed by atoms with Crippen LogP contribution in [0, 0.1) is 0 Å². The molecule has 3 heterocycles. The lowest BCUT2D eigenvalue weighted by Crippen LogP contribution is -2.47. The van der Waals surface area contributed by atoms with Gasteiger partial charge in [-0.25, -0.2) is 4.68 Å². The molecule has 0 aliphatic carbocycles. The number of rotatable bonds is 9. The fourth-order valence-electron chi connectivity index (χ4n) is 5.16. The van der Waals surface area contributed by atoms with E-state index in [9.17, 15) is 9.59 Å². The van der Waals surface area contributed by atoms with Gasteiger partial charge < -0.3 is 14.8 Å². The lowest BCUT2D eigenvalue weighted by Gasteiger charge is -2.36. The van der Waals surface area contributed by atoms with Crippen molar-refractivity contribution in [1.29, 1.82) is 0 Å². The maximum atomic E-state index is 12.8. The molecule has 0 unspecified atom stereocenters. The van der Waals surface area contributed by atoms with Gasteiger partial charge in [0.15, 0.2) is 0 Å². The van der Waals surface area contributed by atoms with E-state index in [1.165, 1.54) is 10.4 Å². The lowest BCUT2D eigenvalue weighted by atomic mass is 10.2. The quantitative estimate of drug-likeness (QED) is 0.368. The standard InChI is InChI=1S/C28H34N6O2/c1-31-28(36)27-24(21-30-31)23-11-5-6-12-25(23)34(27)16-7-13-26(35)29-14-8-15-32-17-19-33(20-18-32)22-9-3-2-4-10-22/h2-6,9-12,21H,7-8,13-20H2,1H3,(H,29,35). The van der Waals surface area contributed by atoms with E-state index in [4.69, 9.17) is 0 Å². The van der Waals surface area contributed by atoms with Crippen molar-refractivity contribution in [2.75, 3.05) is 44.2 Å². The van der Waals surface area contributed by atoms with Crippen molar-refractivity contribution in [1.82, 2.24) is 24.6 Å². The number of benzene rings is 2. The van der Waals surface area contributed by atoms with Crippen LogP contribution in [0.5, 0.6) is 0 Å². The number of hydrogen-bond acceptors (Lipinski definition) is 5. The minimum absolute atomic E-state index is 0.0687. The molecule has 1 aliphatic rings. The molecule has 1 aliphatic heterocycles. The molecule has 2 aromatic heterocycles. The summed E-state index contributed by atoms with van der Waals surface area (Å²) in [5.41, 5.74) is 2.84. The summed E-state index contributed by atoms with van der Waals surface area (Å²) in [7, 11) is 1.67. The monoisotopic (exact) mass is 486 g/mol. The summed E-state index contributed by atoms with van der Waals surface area (Å²) in [5.74, 6) is 0.0687. The Kier molecular flexibility index (Phi) is 7.32. The van der Waals surface area contributed by atoms with Crippen LogP contribution in [0.2, 0.25) is 0 Å². The summed E-state index contributed by atoms with van der Waals surface area (Å²) in [6.45, 7) is 6.49. The lowest BCUT2D eigenvalue weighted by molar-refractivity contribution is -0.121. The number of amides is 1. The highest BCUT2D eigenvalue weighted by Gasteiger charge is 2.17. The summed E-state index contributed by atoms with van der Waals surface area (Å²) in [4.78, 5) is 30.2. The van der Waals surface area contributed by atoms with E-state index in [0.717, 1.165) is 55.4 Å². The minimum atomic E-state index is -0.113. The SMILES string of the molecule is Cn1ncc2c3ccccc3n(CCCC(=O)NCCCN3CCN(c4ccccc4)CC3)c2c1=O. The van der Waals surface area contributed by atoms with Gasteiger partial charge in [0.2, 0.25) is 5.91 Å². The molecule has 0 spiro atoms. The summed E-state index contributed by atoms with van der Waals surface area (Å²) in [6.07, 6.45) is 3.82. The Balaban J connectivity index is 1.06. The third-order valence-electron chi connectivity index (χ3n) is 7.12. The summed E-state index contributed by atoms with van der Waals surface area (Å²) in [5, 5.41) is 9.15. The largest absolute Gasteiger partial charge is 0.369 e. The van der Waals surface area contributed by atoms with Crippen molar-refractivity contribution >= 4 is 33.4 Å². The highest BCUT2D eigenvalue weighted by Crippen LogP contribution is 2.26. The number of nitrogens with zero attached hydrogens (tertiary/aromatic N) is 5. The van der Waals surface area contributed by atoms with E-state index in [2.05, 4.69) is 50.5 Å². The number of fused-ring (bicyclic) bond motifs is 3. The predicted octanol–water partition coefficient (Wildman–Crippen LogP) is 3.00. The maximum absolute atomic E-state index is 12.8. The Labute approximate surface area is 211 Å². The first-order valence-corrected chi connectivity index (χ1v) is 12.8. The smallest absolute Gasteiger partial charge is 0.291 e. The highest BCUT2D eigenvalue weighted by molar-refractivity contribution is 6.07. The van der Waals surface area contributed by atoms with Crippen molar-refractivity contribution in [2.24, 2.45) is 7.05 Å². The molecular formula is C28H34N6O2. The molecule has 1 fully saturated rings. The predicted molar refractivity (Wildman–Crippen MR) is 144 cm³/mol. The average molecular weight is 487 g/mol. The van der Waals surface area contributed by atoms with Crippen LogP contribution in [0.15, 0.2) is 65.6 Å². The second kappa shape index (κ2) is 11.0. The third kappa shape index (κ3) is 5.14. The second-order valence-electron chi connectivity index (χ2n) is 9.48. The number of nitrogens with one attached hydrogen (secondary N) is 1. The molecule has 2 aromatic carbocycles. The second-order valence-corrected chi connectivity index (χ2v) is 9.48. The molecule has 0 saturated carbocycles. The summed E-state index contributed by atoms with van der Waals surface area (Å²) in [6, 6.07) is 18.6. The number of aryl methyl sites for hydroxylation is 2. The zero-order valence-electron chi connectivity index (χ0n) is 20.9.